The van der Waals surface area contributed by atoms with E-state index in [0.717, 1.165) is 10.0 Å². The lowest BCUT2D eigenvalue weighted by molar-refractivity contribution is -0.168. The molecule has 2 aliphatic rings. The van der Waals surface area contributed by atoms with Crippen LogP contribution in [0.15, 0.2) is 16.6 Å². The minimum atomic E-state index is -1.59. The molecule has 0 bridgehead atoms. The number of hydrogen-bond acceptors (Lipinski definition) is 4. The summed E-state index contributed by atoms with van der Waals surface area (Å²) in [6.45, 7) is 4.06. The maximum Gasteiger partial charge on any atom is 0.277 e. The van der Waals surface area contributed by atoms with E-state index in [1.165, 1.54) is 0 Å². The van der Waals surface area contributed by atoms with Gasteiger partial charge in [-0.25, -0.2) is 0 Å². The predicted octanol–water partition coefficient (Wildman–Crippen LogP) is 1.19. The lowest BCUT2D eigenvalue weighted by Crippen LogP contribution is -2.55. The van der Waals surface area contributed by atoms with E-state index in [2.05, 4.69) is 21.2 Å². The molecule has 0 radical (unpaired) electrons. The van der Waals surface area contributed by atoms with Crippen LogP contribution in [0.25, 0.3) is 0 Å². The van der Waals surface area contributed by atoms with Crippen LogP contribution in [0.4, 0.5) is 5.69 Å². The van der Waals surface area contributed by atoms with Gasteiger partial charge in [0.1, 0.15) is 0 Å². The first-order valence-corrected chi connectivity index (χ1v) is 7.00. The van der Waals surface area contributed by atoms with Gasteiger partial charge in [0.05, 0.1) is 18.9 Å². The molecular weight excluding hydrogens is 312 g/mol. The summed E-state index contributed by atoms with van der Waals surface area (Å²) in [6, 6.07) is 3.78. The van der Waals surface area contributed by atoms with E-state index in [0.29, 0.717) is 37.6 Å². The van der Waals surface area contributed by atoms with E-state index < -0.39 is 11.6 Å². The van der Waals surface area contributed by atoms with Crippen molar-refractivity contribution in [1.29, 1.82) is 0 Å². The third kappa shape index (κ3) is 1.90. The monoisotopic (exact) mass is 326 g/mol. The molecule has 1 saturated heterocycles. The summed E-state index contributed by atoms with van der Waals surface area (Å²) < 4.78 is 6.07. The Balaban J connectivity index is 2.10. The van der Waals surface area contributed by atoms with Crippen molar-refractivity contribution in [3.8, 4) is 0 Å². The van der Waals surface area contributed by atoms with E-state index >= 15 is 0 Å². The average molecular weight is 327 g/mol. The molecule has 1 aromatic rings. The lowest BCUT2D eigenvalue weighted by atomic mass is 10.00. The first-order valence-electron chi connectivity index (χ1n) is 6.20. The topological polar surface area (TPSA) is 61.8 Å². The highest BCUT2D eigenvalue weighted by Gasteiger charge is 2.51. The van der Waals surface area contributed by atoms with Gasteiger partial charge in [-0.15, -0.1) is 0 Å². The molecule has 19 heavy (non-hydrogen) atoms. The van der Waals surface area contributed by atoms with Gasteiger partial charge in [-0.3, -0.25) is 9.69 Å². The molecule has 1 fully saturated rings. The number of halogens is 1. The molecule has 1 unspecified atom stereocenters. The summed E-state index contributed by atoms with van der Waals surface area (Å²) in [5.41, 5.74) is 0.679. The van der Waals surface area contributed by atoms with Gasteiger partial charge in [-0.05, 0) is 40.5 Å². The Labute approximate surface area is 119 Å². The number of nitrogens with one attached hydrogen (secondary N) is 1. The van der Waals surface area contributed by atoms with Gasteiger partial charge in [0.25, 0.3) is 5.91 Å². The predicted molar refractivity (Wildman–Crippen MR) is 73.8 cm³/mol. The smallest absolute Gasteiger partial charge is 0.277 e. The van der Waals surface area contributed by atoms with Crippen molar-refractivity contribution in [2.45, 2.75) is 12.6 Å². The van der Waals surface area contributed by atoms with Crippen molar-refractivity contribution in [3.63, 3.8) is 0 Å². The van der Waals surface area contributed by atoms with Crippen molar-refractivity contribution < 1.29 is 14.6 Å². The summed E-state index contributed by atoms with van der Waals surface area (Å²) >= 11 is 3.43. The van der Waals surface area contributed by atoms with Crippen molar-refractivity contribution >= 4 is 27.5 Å². The van der Waals surface area contributed by atoms with Crippen LogP contribution in [-0.2, 0) is 15.3 Å². The fraction of sp³-hybridized carbons (Fsp3) is 0.462. The Kier molecular flexibility index (Phi) is 3.13. The molecule has 102 valence electrons. The number of fused-ring (bicyclic) bond motifs is 1. The van der Waals surface area contributed by atoms with Gasteiger partial charge in [0, 0.05) is 23.1 Å². The maximum absolute atomic E-state index is 12.3. The van der Waals surface area contributed by atoms with Crippen LogP contribution in [0.3, 0.4) is 0 Å². The van der Waals surface area contributed by atoms with E-state index in [9.17, 15) is 9.90 Å². The highest BCUT2D eigenvalue weighted by atomic mass is 79.9. The molecule has 3 rings (SSSR count). The number of nitrogens with zero attached hydrogens (tertiary/aromatic N) is 1. The van der Waals surface area contributed by atoms with Crippen LogP contribution in [0, 0.1) is 6.92 Å². The molecule has 1 amide bonds. The Bertz CT molecular complexity index is 543. The van der Waals surface area contributed by atoms with Crippen LogP contribution < -0.4 is 5.32 Å². The van der Waals surface area contributed by atoms with Crippen molar-refractivity contribution in [2.75, 3.05) is 31.6 Å². The fourth-order valence-corrected chi connectivity index (χ4v) is 3.34. The number of benzene rings is 1. The highest BCUT2D eigenvalue weighted by molar-refractivity contribution is 9.10. The molecule has 1 aromatic carbocycles. The minimum Gasteiger partial charge on any atom is -0.379 e. The van der Waals surface area contributed by atoms with E-state index in [1.54, 1.807) is 4.90 Å². The number of anilines is 1. The zero-order valence-corrected chi connectivity index (χ0v) is 12.2. The summed E-state index contributed by atoms with van der Waals surface area (Å²) in [4.78, 5) is 14.0. The first-order chi connectivity index (χ1) is 9.03. The zero-order chi connectivity index (χ0) is 13.6. The molecule has 5 nitrogen and oxygen atoms in total. The van der Waals surface area contributed by atoms with Gasteiger partial charge < -0.3 is 15.2 Å². The Morgan fingerprint density at radius 1 is 1.42 bits per heavy atom. The number of amides is 1. The Morgan fingerprint density at radius 3 is 2.79 bits per heavy atom. The lowest BCUT2D eigenvalue weighted by Gasteiger charge is -2.37. The Morgan fingerprint density at radius 2 is 2.11 bits per heavy atom. The minimum absolute atomic E-state index is 0.393. The molecule has 2 aliphatic heterocycles. The molecule has 0 aromatic heterocycles. The third-order valence-corrected chi connectivity index (χ3v) is 4.26. The number of aryl methyl sites for hydroxylation is 1. The van der Waals surface area contributed by atoms with Crippen molar-refractivity contribution in [1.82, 2.24) is 4.90 Å². The second-order valence-electron chi connectivity index (χ2n) is 4.90. The third-order valence-electron chi connectivity index (χ3n) is 3.63. The number of carbonyl (C=O) groups is 1. The molecule has 0 aliphatic carbocycles. The second kappa shape index (κ2) is 4.56. The number of morpholine rings is 1. The number of ether oxygens (including phenoxy) is 1. The zero-order valence-electron chi connectivity index (χ0n) is 10.6. The van der Waals surface area contributed by atoms with Gasteiger partial charge in [0.15, 0.2) is 0 Å². The van der Waals surface area contributed by atoms with E-state index in [1.807, 2.05) is 19.1 Å². The molecule has 1 atom stereocenters. The standard InChI is InChI=1S/C13H15BrN2O3/c1-8-6-9-11(10(14)7-8)15-12(17)13(9,18)16-2-4-19-5-3-16/h6-7,18H,2-5H2,1H3,(H,15,17). The summed E-state index contributed by atoms with van der Waals surface area (Å²) in [7, 11) is 0. The molecule has 2 N–H and O–H groups in total. The van der Waals surface area contributed by atoms with Crippen LogP contribution in [0.5, 0.6) is 0 Å². The summed E-state index contributed by atoms with van der Waals surface area (Å²) in [5, 5.41) is 13.7. The van der Waals surface area contributed by atoms with E-state index in [-0.39, 0.29) is 0 Å². The quantitative estimate of drug-likeness (QED) is 0.813. The van der Waals surface area contributed by atoms with Crippen molar-refractivity contribution in [2.24, 2.45) is 0 Å². The van der Waals surface area contributed by atoms with Crippen LogP contribution in [0.1, 0.15) is 11.1 Å². The number of hydrogen-bond donors (Lipinski definition) is 2. The van der Waals surface area contributed by atoms with Gasteiger partial charge in [-0.2, -0.15) is 0 Å². The summed E-state index contributed by atoms with van der Waals surface area (Å²) in [6.07, 6.45) is 0. The highest BCUT2D eigenvalue weighted by Crippen LogP contribution is 2.43. The van der Waals surface area contributed by atoms with Gasteiger partial charge in [0.2, 0.25) is 5.72 Å². The van der Waals surface area contributed by atoms with E-state index in [4.69, 9.17) is 4.74 Å². The SMILES string of the molecule is Cc1cc(Br)c2c(c1)C(O)(N1CCOCC1)C(=O)N2. The van der Waals surface area contributed by atoms with Crippen LogP contribution in [0.2, 0.25) is 0 Å². The molecule has 0 saturated carbocycles. The maximum atomic E-state index is 12.3. The number of aliphatic hydroxyl groups is 1. The molecule has 0 spiro atoms. The fourth-order valence-electron chi connectivity index (χ4n) is 2.67. The van der Waals surface area contributed by atoms with Crippen LogP contribution >= 0.6 is 15.9 Å². The van der Waals surface area contributed by atoms with Crippen LogP contribution in [-0.4, -0.2) is 42.2 Å². The normalized spacial score (nSPS) is 27.2. The average Bonchev–Trinajstić information content (AvgIpc) is 2.66. The van der Waals surface area contributed by atoms with Gasteiger partial charge >= 0.3 is 0 Å². The number of carbonyl (C=O) groups excluding carboxylic acids is 1. The molecular formula is C13H15BrN2O3. The molecule has 2 heterocycles. The second-order valence-corrected chi connectivity index (χ2v) is 5.75. The number of rotatable bonds is 1. The molecule has 6 heteroatoms. The first kappa shape index (κ1) is 13.1. The Hall–Kier alpha value is -0.950. The van der Waals surface area contributed by atoms with Crippen molar-refractivity contribution in [3.05, 3.63) is 27.7 Å². The summed E-state index contributed by atoms with van der Waals surface area (Å²) in [5.74, 6) is -0.393. The van der Waals surface area contributed by atoms with Gasteiger partial charge in [-0.1, -0.05) is 0 Å². The largest absolute Gasteiger partial charge is 0.379 e.